The van der Waals surface area contributed by atoms with Gasteiger partial charge in [-0.15, -0.1) is 0 Å². The van der Waals surface area contributed by atoms with E-state index in [4.69, 9.17) is 9.88 Å². The van der Waals surface area contributed by atoms with Crippen LogP contribution in [0.25, 0.3) is 10.8 Å². The Morgan fingerprint density at radius 1 is 1.39 bits per heavy atom. The van der Waals surface area contributed by atoms with Crippen molar-refractivity contribution in [2.75, 3.05) is 20.2 Å². The van der Waals surface area contributed by atoms with Crippen LogP contribution < -0.4 is 9.88 Å². The largest absolute Gasteiger partial charge is 0.481 e. The summed E-state index contributed by atoms with van der Waals surface area (Å²) in [7, 11) is -2.14. The number of benzene rings is 1. The summed E-state index contributed by atoms with van der Waals surface area (Å²) in [4.78, 5) is 18.3. The molecule has 8 heteroatoms. The van der Waals surface area contributed by atoms with Crippen LogP contribution in [-0.4, -0.2) is 49.7 Å². The number of nitrogens with two attached hydrogens (primary N) is 1. The van der Waals surface area contributed by atoms with Gasteiger partial charge in [0.15, 0.2) is 0 Å². The Morgan fingerprint density at radius 3 is 2.78 bits per heavy atom. The number of ether oxygens (including phenoxy) is 1. The monoisotopic (exact) mass is 335 g/mol. The minimum atomic E-state index is -3.64. The molecule has 1 aromatic heterocycles. The van der Waals surface area contributed by atoms with E-state index in [0.717, 1.165) is 10.8 Å². The number of sulfonamides is 1. The van der Waals surface area contributed by atoms with E-state index in [2.05, 4.69) is 4.98 Å². The number of amides is 1. The smallest absolute Gasteiger partial charge is 0.272 e. The highest BCUT2D eigenvalue weighted by Gasteiger charge is 2.34. The molecule has 1 saturated heterocycles. The Kier molecular flexibility index (Phi) is 3.95. The number of likely N-dealkylation sites (tertiary alicyclic amines) is 1. The van der Waals surface area contributed by atoms with Gasteiger partial charge in [0.05, 0.1) is 12.4 Å². The average Bonchev–Trinajstić information content (AvgIpc) is 3.03. The average molecular weight is 335 g/mol. The summed E-state index contributed by atoms with van der Waals surface area (Å²) in [5.41, 5.74) is 0.232. The van der Waals surface area contributed by atoms with Crippen LogP contribution in [0, 0.1) is 0 Å². The van der Waals surface area contributed by atoms with Crippen LogP contribution in [0.5, 0.6) is 5.88 Å². The summed E-state index contributed by atoms with van der Waals surface area (Å²) < 4.78 is 28.1. The van der Waals surface area contributed by atoms with Crippen molar-refractivity contribution in [1.29, 1.82) is 0 Å². The van der Waals surface area contributed by atoms with Gasteiger partial charge in [-0.2, -0.15) is 0 Å². The number of rotatable bonds is 3. The van der Waals surface area contributed by atoms with Gasteiger partial charge >= 0.3 is 0 Å². The third kappa shape index (κ3) is 2.99. The van der Waals surface area contributed by atoms with Crippen molar-refractivity contribution in [3.05, 3.63) is 36.0 Å². The zero-order valence-corrected chi connectivity index (χ0v) is 13.4. The Balaban J connectivity index is 1.93. The fourth-order valence-corrected chi connectivity index (χ4v) is 3.60. The van der Waals surface area contributed by atoms with Gasteiger partial charge in [-0.05, 0) is 23.9 Å². The van der Waals surface area contributed by atoms with Crippen molar-refractivity contribution in [3.63, 3.8) is 0 Å². The van der Waals surface area contributed by atoms with Gasteiger partial charge in [-0.1, -0.05) is 18.2 Å². The van der Waals surface area contributed by atoms with E-state index in [1.54, 1.807) is 6.07 Å². The fourth-order valence-electron chi connectivity index (χ4n) is 2.77. The lowest BCUT2D eigenvalue weighted by Gasteiger charge is -2.16. The number of hydrogen-bond acceptors (Lipinski definition) is 5. The molecule has 7 nitrogen and oxygen atoms in total. The summed E-state index contributed by atoms with van der Waals surface area (Å²) in [6.45, 7) is 0.436. The highest BCUT2D eigenvalue weighted by atomic mass is 32.2. The van der Waals surface area contributed by atoms with Gasteiger partial charge in [0, 0.05) is 18.5 Å². The topological polar surface area (TPSA) is 103 Å². The van der Waals surface area contributed by atoms with E-state index in [9.17, 15) is 13.2 Å². The van der Waals surface area contributed by atoms with Crippen LogP contribution in [0.3, 0.4) is 0 Å². The van der Waals surface area contributed by atoms with E-state index in [-0.39, 0.29) is 18.1 Å². The number of aromatic nitrogens is 1. The van der Waals surface area contributed by atoms with Crippen LogP contribution in [0.4, 0.5) is 0 Å². The lowest BCUT2D eigenvalue weighted by atomic mass is 10.1. The Labute approximate surface area is 134 Å². The Morgan fingerprint density at radius 2 is 2.13 bits per heavy atom. The maximum atomic E-state index is 12.6. The van der Waals surface area contributed by atoms with Gasteiger partial charge in [-0.25, -0.2) is 18.5 Å². The lowest BCUT2D eigenvalue weighted by molar-refractivity contribution is 0.0786. The zero-order valence-electron chi connectivity index (χ0n) is 12.6. The molecule has 2 aromatic rings. The summed E-state index contributed by atoms with van der Waals surface area (Å²) in [5, 5.41) is 6.10. The first-order chi connectivity index (χ1) is 10.9. The second kappa shape index (κ2) is 5.78. The molecule has 1 fully saturated rings. The Hall–Kier alpha value is -2.19. The number of pyridine rings is 1. The fraction of sp³-hybridized carbons (Fsp3) is 0.333. The quantitative estimate of drug-likeness (QED) is 0.891. The highest BCUT2D eigenvalue weighted by Crippen LogP contribution is 2.25. The van der Waals surface area contributed by atoms with Crippen molar-refractivity contribution in [2.24, 2.45) is 5.14 Å². The van der Waals surface area contributed by atoms with Crippen molar-refractivity contribution >= 4 is 26.7 Å². The Bertz CT molecular complexity index is 866. The second-order valence-electron chi connectivity index (χ2n) is 5.49. The minimum Gasteiger partial charge on any atom is -0.481 e. The molecule has 2 N–H and O–H groups in total. The molecule has 1 amide bonds. The van der Waals surface area contributed by atoms with Crippen LogP contribution in [0.2, 0.25) is 0 Å². The van der Waals surface area contributed by atoms with Crippen molar-refractivity contribution in [1.82, 2.24) is 9.88 Å². The van der Waals surface area contributed by atoms with Crippen LogP contribution in [0.1, 0.15) is 16.9 Å². The molecule has 1 unspecified atom stereocenters. The highest BCUT2D eigenvalue weighted by molar-refractivity contribution is 7.89. The molecule has 1 aliphatic heterocycles. The SMILES string of the molecule is COc1nc(C(=O)N2CCC(S(N)(=O)=O)C2)cc2ccccc12. The molecule has 0 radical (unpaired) electrons. The summed E-state index contributed by atoms with van der Waals surface area (Å²) in [6.07, 6.45) is 0.343. The van der Waals surface area contributed by atoms with E-state index >= 15 is 0 Å². The molecule has 0 aliphatic carbocycles. The maximum Gasteiger partial charge on any atom is 0.272 e. The van der Waals surface area contributed by atoms with E-state index in [0.29, 0.717) is 18.8 Å². The number of methoxy groups -OCH3 is 1. The maximum absolute atomic E-state index is 12.6. The van der Waals surface area contributed by atoms with E-state index in [1.165, 1.54) is 12.0 Å². The van der Waals surface area contributed by atoms with Gasteiger partial charge in [-0.3, -0.25) is 4.79 Å². The normalized spacial score (nSPS) is 18.3. The first-order valence-electron chi connectivity index (χ1n) is 7.15. The van der Waals surface area contributed by atoms with Gasteiger partial charge in [0.1, 0.15) is 5.69 Å². The predicted octanol–water partition coefficient (Wildman–Crippen LogP) is 0.746. The molecule has 23 heavy (non-hydrogen) atoms. The zero-order chi connectivity index (χ0) is 16.6. The van der Waals surface area contributed by atoms with Crippen molar-refractivity contribution < 1.29 is 17.9 Å². The molecule has 1 atom stereocenters. The van der Waals surface area contributed by atoms with Gasteiger partial charge in [0.25, 0.3) is 5.91 Å². The number of hydrogen-bond donors (Lipinski definition) is 1. The van der Waals surface area contributed by atoms with Crippen molar-refractivity contribution in [2.45, 2.75) is 11.7 Å². The summed E-state index contributed by atoms with van der Waals surface area (Å²) in [6, 6.07) is 9.15. The number of fused-ring (bicyclic) bond motifs is 1. The lowest BCUT2D eigenvalue weighted by Crippen LogP contribution is -2.34. The molecule has 0 saturated carbocycles. The van der Waals surface area contributed by atoms with Crippen LogP contribution in [-0.2, 0) is 10.0 Å². The first kappa shape index (κ1) is 15.7. The van der Waals surface area contributed by atoms with Crippen LogP contribution in [0.15, 0.2) is 30.3 Å². The third-order valence-corrected chi connectivity index (χ3v) is 5.33. The molecule has 3 rings (SSSR count). The van der Waals surface area contributed by atoms with Gasteiger partial charge < -0.3 is 9.64 Å². The summed E-state index contributed by atoms with van der Waals surface area (Å²) >= 11 is 0. The summed E-state index contributed by atoms with van der Waals surface area (Å²) in [5.74, 6) is 0.0499. The first-order valence-corrected chi connectivity index (χ1v) is 8.76. The predicted molar refractivity (Wildman–Crippen MR) is 85.7 cm³/mol. The minimum absolute atomic E-state index is 0.0918. The molecule has 122 valence electrons. The number of nitrogens with zero attached hydrogens (tertiary/aromatic N) is 2. The van der Waals surface area contributed by atoms with E-state index < -0.39 is 15.3 Å². The van der Waals surface area contributed by atoms with Crippen LogP contribution >= 0.6 is 0 Å². The second-order valence-corrected chi connectivity index (χ2v) is 7.33. The molecule has 1 aromatic carbocycles. The third-order valence-electron chi connectivity index (χ3n) is 4.01. The number of carbonyl (C=O) groups excluding carboxylic acids is 1. The molecule has 1 aliphatic rings. The molecule has 0 bridgehead atoms. The molecular formula is C15H17N3O4S. The molecular weight excluding hydrogens is 318 g/mol. The van der Waals surface area contributed by atoms with E-state index in [1.807, 2.05) is 24.3 Å². The number of primary sulfonamides is 1. The molecule has 0 spiro atoms. The standard InChI is InChI=1S/C15H17N3O4S/c1-22-14-12-5-3-2-4-10(12)8-13(17-14)15(19)18-7-6-11(9-18)23(16,20)21/h2-5,8,11H,6-7,9H2,1H3,(H2,16,20,21). The van der Waals surface area contributed by atoms with Crippen molar-refractivity contribution in [3.8, 4) is 5.88 Å². The number of carbonyl (C=O) groups is 1. The molecule has 2 heterocycles. The van der Waals surface area contributed by atoms with Gasteiger partial charge in [0.2, 0.25) is 15.9 Å².